The molecule has 1 aromatic carbocycles. The third kappa shape index (κ3) is 3.71. The molecule has 0 fully saturated rings. The summed E-state index contributed by atoms with van der Waals surface area (Å²) in [5.41, 5.74) is 7.13. The highest BCUT2D eigenvalue weighted by Gasteiger charge is 2.15. The smallest absolute Gasteiger partial charge is 0.407 e. The first kappa shape index (κ1) is 13.4. The Bertz CT molecular complexity index is 396. The lowest BCUT2D eigenvalue weighted by molar-refractivity contribution is 0.148. The van der Waals surface area contributed by atoms with Crippen molar-refractivity contribution in [3.8, 4) is 0 Å². The Kier molecular flexibility index (Phi) is 4.90. The van der Waals surface area contributed by atoms with Crippen LogP contribution < -0.4 is 11.1 Å². The van der Waals surface area contributed by atoms with Crippen LogP contribution >= 0.6 is 0 Å². The van der Waals surface area contributed by atoms with E-state index in [4.69, 9.17) is 10.5 Å². The van der Waals surface area contributed by atoms with Gasteiger partial charge in [0.15, 0.2) is 0 Å². The molecule has 0 spiro atoms. The van der Waals surface area contributed by atoms with Crippen LogP contribution in [0.2, 0.25) is 0 Å². The molecule has 0 aliphatic heterocycles. The Balaban J connectivity index is 2.82. The molecular formula is C12H17FN2O2. The summed E-state index contributed by atoms with van der Waals surface area (Å²) < 4.78 is 17.7. The Morgan fingerprint density at radius 3 is 2.82 bits per heavy atom. The van der Waals surface area contributed by atoms with Gasteiger partial charge in [0.1, 0.15) is 5.82 Å². The Labute approximate surface area is 100.0 Å². The maximum Gasteiger partial charge on any atom is 0.407 e. The number of aryl methyl sites for hydroxylation is 1. The average Bonchev–Trinajstić information content (AvgIpc) is 2.27. The second-order valence-electron chi connectivity index (χ2n) is 3.65. The zero-order valence-corrected chi connectivity index (χ0v) is 10.00. The summed E-state index contributed by atoms with van der Waals surface area (Å²) in [6.45, 7) is 4.02. The number of nitrogens with two attached hydrogens (primary N) is 1. The molecule has 1 rings (SSSR count). The zero-order chi connectivity index (χ0) is 12.8. The van der Waals surface area contributed by atoms with Gasteiger partial charge >= 0.3 is 6.09 Å². The van der Waals surface area contributed by atoms with Gasteiger partial charge in [-0.1, -0.05) is 6.07 Å². The fourth-order valence-electron chi connectivity index (χ4n) is 1.61. The number of nitrogens with one attached hydrogen (secondary N) is 1. The summed E-state index contributed by atoms with van der Waals surface area (Å²) in [7, 11) is 0. The van der Waals surface area contributed by atoms with Crippen molar-refractivity contribution < 1.29 is 13.9 Å². The van der Waals surface area contributed by atoms with Crippen molar-refractivity contribution in [2.75, 3.05) is 13.2 Å². The Morgan fingerprint density at radius 2 is 2.29 bits per heavy atom. The van der Waals surface area contributed by atoms with Crippen molar-refractivity contribution in [3.05, 3.63) is 35.1 Å². The van der Waals surface area contributed by atoms with E-state index in [2.05, 4.69) is 5.32 Å². The van der Waals surface area contributed by atoms with E-state index in [1.165, 1.54) is 12.1 Å². The van der Waals surface area contributed by atoms with Crippen molar-refractivity contribution in [2.45, 2.75) is 19.9 Å². The van der Waals surface area contributed by atoms with E-state index in [1.807, 2.05) is 0 Å². The third-order valence-electron chi connectivity index (χ3n) is 2.41. The molecule has 0 aliphatic rings. The van der Waals surface area contributed by atoms with Gasteiger partial charge in [-0.3, -0.25) is 0 Å². The normalized spacial score (nSPS) is 12.0. The van der Waals surface area contributed by atoms with Gasteiger partial charge in [0.2, 0.25) is 0 Å². The van der Waals surface area contributed by atoms with Gasteiger partial charge in [0, 0.05) is 6.54 Å². The van der Waals surface area contributed by atoms with Gasteiger partial charge in [-0.25, -0.2) is 9.18 Å². The number of alkyl carbamates (subject to hydrolysis) is 1. The van der Waals surface area contributed by atoms with E-state index in [0.29, 0.717) is 6.61 Å². The number of carbonyl (C=O) groups is 1. The summed E-state index contributed by atoms with van der Waals surface area (Å²) >= 11 is 0. The van der Waals surface area contributed by atoms with Crippen LogP contribution in [-0.2, 0) is 4.74 Å². The fourth-order valence-corrected chi connectivity index (χ4v) is 1.61. The van der Waals surface area contributed by atoms with Gasteiger partial charge in [0.25, 0.3) is 0 Å². The minimum Gasteiger partial charge on any atom is -0.450 e. The number of hydrogen-bond donors (Lipinski definition) is 2. The molecule has 1 atom stereocenters. The summed E-state index contributed by atoms with van der Waals surface area (Å²) in [6.07, 6.45) is -0.522. The number of rotatable bonds is 4. The number of benzene rings is 1. The zero-order valence-electron chi connectivity index (χ0n) is 10.00. The predicted octanol–water partition coefficient (Wildman–Crippen LogP) is 1.88. The van der Waals surface area contributed by atoms with E-state index in [0.717, 1.165) is 11.1 Å². The summed E-state index contributed by atoms with van der Waals surface area (Å²) in [5, 5.41) is 2.64. The van der Waals surface area contributed by atoms with Gasteiger partial charge in [-0.2, -0.15) is 0 Å². The maximum atomic E-state index is 13.0. The van der Waals surface area contributed by atoms with E-state index >= 15 is 0 Å². The molecule has 3 N–H and O–H groups in total. The number of carbonyl (C=O) groups excluding carboxylic acids is 1. The molecule has 0 saturated carbocycles. The predicted molar refractivity (Wildman–Crippen MR) is 63.1 cm³/mol. The topological polar surface area (TPSA) is 64.3 Å². The van der Waals surface area contributed by atoms with Crippen LogP contribution in [0.15, 0.2) is 18.2 Å². The van der Waals surface area contributed by atoms with Crippen molar-refractivity contribution in [1.29, 1.82) is 0 Å². The Morgan fingerprint density at radius 1 is 1.59 bits per heavy atom. The molecule has 0 radical (unpaired) electrons. The lowest BCUT2D eigenvalue weighted by Crippen LogP contribution is -2.34. The fraction of sp³-hybridized carbons (Fsp3) is 0.417. The lowest BCUT2D eigenvalue weighted by atomic mass is 10.0. The minimum absolute atomic E-state index is 0.227. The molecule has 1 unspecified atom stereocenters. The summed E-state index contributed by atoms with van der Waals surface area (Å²) in [4.78, 5) is 11.3. The van der Waals surface area contributed by atoms with Crippen LogP contribution in [0.4, 0.5) is 9.18 Å². The quantitative estimate of drug-likeness (QED) is 0.844. The average molecular weight is 240 g/mol. The summed E-state index contributed by atoms with van der Waals surface area (Å²) in [6, 6.07) is 4.01. The van der Waals surface area contributed by atoms with Gasteiger partial charge < -0.3 is 15.8 Å². The molecule has 1 aromatic rings. The molecule has 4 nitrogen and oxygen atoms in total. The van der Waals surface area contributed by atoms with E-state index in [9.17, 15) is 9.18 Å². The second-order valence-corrected chi connectivity index (χ2v) is 3.65. The largest absolute Gasteiger partial charge is 0.450 e. The van der Waals surface area contributed by atoms with E-state index in [1.54, 1.807) is 19.9 Å². The molecule has 0 heterocycles. The molecule has 1 amide bonds. The molecule has 0 aromatic heterocycles. The standard InChI is InChI=1S/C12H17FN2O2/c1-3-17-12(16)15-11(7-14)10-5-4-9(13)6-8(10)2/h4-6,11H,3,7,14H2,1-2H3,(H,15,16). The third-order valence-corrected chi connectivity index (χ3v) is 2.41. The van der Waals surface area contributed by atoms with Crippen molar-refractivity contribution in [2.24, 2.45) is 5.73 Å². The first-order valence-corrected chi connectivity index (χ1v) is 5.47. The molecular weight excluding hydrogens is 223 g/mol. The highest BCUT2D eigenvalue weighted by Crippen LogP contribution is 2.18. The first-order valence-electron chi connectivity index (χ1n) is 5.47. The maximum absolute atomic E-state index is 13.0. The number of amides is 1. The number of ether oxygens (including phenoxy) is 1. The van der Waals surface area contributed by atoms with Crippen LogP contribution in [-0.4, -0.2) is 19.2 Å². The molecule has 94 valence electrons. The minimum atomic E-state index is -0.522. The second kappa shape index (κ2) is 6.20. The molecule has 0 bridgehead atoms. The summed E-state index contributed by atoms with van der Waals surface area (Å²) in [5.74, 6) is -0.307. The molecule has 0 aliphatic carbocycles. The first-order chi connectivity index (χ1) is 8.08. The molecule has 0 saturated heterocycles. The van der Waals surface area contributed by atoms with Crippen molar-refractivity contribution >= 4 is 6.09 Å². The van der Waals surface area contributed by atoms with Crippen molar-refractivity contribution in [1.82, 2.24) is 5.32 Å². The van der Waals surface area contributed by atoms with Crippen LogP contribution in [0.25, 0.3) is 0 Å². The van der Waals surface area contributed by atoms with Gasteiger partial charge in [-0.05, 0) is 37.1 Å². The van der Waals surface area contributed by atoms with Crippen LogP contribution in [0.1, 0.15) is 24.1 Å². The SMILES string of the molecule is CCOC(=O)NC(CN)c1ccc(F)cc1C. The van der Waals surface area contributed by atoms with E-state index in [-0.39, 0.29) is 18.4 Å². The molecule has 5 heteroatoms. The van der Waals surface area contributed by atoms with Gasteiger partial charge in [0.05, 0.1) is 12.6 Å². The van der Waals surface area contributed by atoms with E-state index < -0.39 is 6.09 Å². The molecule has 17 heavy (non-hydrogen) atoms. The van der Waals surface area contributed by atoms with Gasteiger partial charge in [-0.15, -0.1) is 0 Å². The number of halogens is 1. The van der Waals surface area contributed by atoms with Crippen LogP contribution in [0.3, 0.4) is 0 Å². The monoisotopic (exact) mass is 240 g/mol. The number of hydrogen-bond acceptors (Lipinski definition) is 3. The Hall–Kier alpha value is -1.62. The highest BCUT2D eigenvalue weighted by atomic mass is 19.1. The lowest BCUT2D eigenvalue weighted by Gasteiger charge is -2.18. The van der Waals surface area contributed by atoms with Crippen LogP contribution in [0.5, 0.6) is 0 Å². The highest BCUT2D eigenvalue weighted by molar-refractivity contribution is 5.68. The van der Waals surface area contributed by atoms with Crippen molar-refractivity contribution in [3.63, 3.8) is 0 Å². The van der Waals surface area contributed by atoms with Crippen LogP contribution in [0, 0.1) is 12.7 Å².